The van der Waals surface area contributed by atoms with Crippen LogP contribution in [-0.2, 0) is 11.3 Å². The summed E-state index contributed by atoms with van der Waals surface area (Å²) in [5, 5.41) is 4.26. The Kier molecular flexibility index (Phi) is 8.86. The lowest BCUT2D eigenvalue weighted by Gasteiger charge is -2.28. The number of amides is 2. The van der Waals surface area contributed by atoms with Gasteiger partial charge in [0.15, 0.2) is 0 Å². The van der Waals surface area contributed by atoms with Gasteiger partial charge in [0, 0.05) is 38.7 Å². The molecular weight excluding hydrogens is 523 g/mol. The minimum absolute atomic E-state index is 0. The minimum atomic E-state index is -0.690. The standard InChI is InChI=1S/C29H29ClN4O3.ClH/c1-18-15-25(31)24-16-21(11-14-26(24)32-18)33-27(35)23-8-6-5-7-19(23)17-34(28(36)37-29(2,3)4)22-12-9-20(30)10-13-22;/h5-16H,17H2,1-4H3,(H2,31,32)(H,33,35);1H. The SMILES string of the molecule is Cc1cc(N)c2cc(NC(=O)c3ccccc3CN(C(=O)OC(C)(C)C)c3ccc(Cl)cc3)ccc2n1.Cl. The molecule has 2 amide bonds. The highest BCUT2D eigenvalue weighted by Gasteiger charge is 2.25. The summed E-state index contributed by atoms with van der Waals surface area (Å²) < 4.78 is 5.65. The Morgan fingerprint density at radius 1 is 1.03 bits per heavy atom. The number of aromatic nitrogens is 1. The smallest absolute Gasteiger partial charge is 0.415 e. The van der Waals surface area contributed by atoms with Gasteiger partial charge < -0.3 is 15.8 Å². The van der Waals surface area contributed by atoms with Gasteiger partial charge in [0.05, 0.1) is 12.1 Å². The first kappa shape index (κ1) is 28.8. The molecule has 0 unspecified atom stereocenters. The number of carbonyl (C=O) groups excluding carboxylic acids is 2. The minimum Gasteiger partial charge on any atom is -0.443 e. The van der Waals surface area contributed by atoms with Crippen LogP contribution in [0.15, 0.2) is 72.8 Å². The van der Waals surface area contributed by atoms with Crippen LogP contribution in [0.3, 0.4) is 0 Å². The van der Waals surface area contributed by atoms with Gasteiger partial charge in [0.2, 0.25) is 0 Å². The predicted molar refractivity (Wildman–Crippen MR) is 156 cm³/mol. The fraction of sp³-hybridized carbons (Fsp3) is 0.207. The van der Waals surface area contributed by atoms with Gasteiger partial charge in [0.25, 0.3) is 5.91 Å². The molecule has 0 aliphatic heterocycles. The van der Waals surface area contributed by atoms with Crippen molar-refractivity contribution in [1.82, 2.24) is 4.98 Å². The molecule has 38 heavy (non-hydrogen) atoms. The zero-order valence-electron chi connectivity index (χ0n) is 21.6. The number of halogens is 2. The van der Waals surface area contributed by atoms with Crippen molar-refractivity contribution in [2.45, 2.75) is 39.8 Å². The third-order valence-electron chi connectivity index (χ3n) is 5.57. The molecule has 0 aliphatic carbocycles. The summed E-state index contributed by atoms with van der Waals surface area (Å²) in [7, 11) is 0. The number of nitrogens with one attached hydrogen (secondary N) is 1. The Morgan fingerprint density at radius 3 is 2.39 bits per heavy atom. The molecule has 0 saturated carbocycles. The number of pyridine rings is 1. The molecule has 7 nitrogen and oxygen atoms in total. The molecule has 3 N–H and O–H groups in total. The number of nitrogens with two attached hydrogens (primary N) is 1. The number of ether oxygens (including phenoxy) is 1. The molecule has 0 atom stereocenters. The third-order valence-corrected chi connectivity index (χ3v) is 5.82. The number of benzene rings is 3. The van der Waals surface area contributed by atoms with Crippen molar-refractivity contribution in [2.75, 3.05) is 16.0 Å². The van der Waals surface area contributed by atoms with E-state index in [2.05, 4.69) is 10.3 Å². The van der Waals surface area contributed by atoms with Crippen LogP contribution in [0.1, 0.15) is 42.4 Å². The van der Waals surface area contributed by atoms with Crippen molar-refractivity contribution >= 4 is 64.0 Å². The number of rotatable bonds is 5. The number of hydrogen-bond acceptors (Lipinski definition) is 5. The first-order chi connectivity index (χ1) is 17.5. The van der Waals surface area contributed by atoms with Crippen molar-refractivity contribution in [3.63, 3.8) is 0 Å². The fourth-order valence-corrected chi connectivity index (χ4v) is 4.04. The summed E-state index contributed by atoms with van der Waals surface area (Å²) in [6.45, 7) is 7.42. The first-order valence-corrected chi connectivity index (χ1v) is 12.2. The van der Waals surface area contributed by atoms with Crippen LogP contribution >= 0.6 is 24.0 Å². The van der Waals surface area contributed by atoms with E-state index in [4.69, 9.17) is 22.1 Å². The highest BCUT2D eigenvalue weighted by Crippen LogP contribution is 2.26. The lowest BCUT2D eigenvalue weighted by Crippen LogP contribution is -2.37. The normalized spacial score (nSPS) is 11.0. The van der Waals surface area contributed by atoms with E-state index in [1.165, 1.54) is 4.90 Å². The van der Waals surface area contributed by atoms with Crippen molar-refractivity contribution in [3.05, 3.63) is 94.6 Å². The Morgan fingerprint density at radius 2 is 1.71 bits per heavy atom. The average Bonchev–Trinajstić information content (AvgIpc) is 2.82. The van der Waals surface area contributed by atoms with E-state index in [1.54, 1.807) is 75.4 Å². The number of hydrogen-bond donors (Lipinski definition) is 2. The van der Waals surface area contributed by atoms with E-state index in [0.717, 1.165) is 16.6 Å². The molecule has 9 heteroatoms. The van der Waals surface area contributed by atoms with Gasteiger partial charge in [-0.3, -0.25) is 14.7 Å². The molecule has 0 aliphatic rings. The van der Waals surface area contributed by atoms with E-state index in [9.17, 15) is 9.59 Å². The Labute approximate surface area is 233 Å². The monoisotopic (exact) mass is 552 g/mol. The van der Waals surface area contributed by atoms with Gasteiger partial charge in [0.1, 0.15) is 5.60 Å². The Balaban J connectivity index is 0.00000400. The second-order valence-corrected chi connectivity index (χ2v) is 10.2. The van der Waals surface area contributed by atoms with E-state index in [0.29, 0.717) is 33.2 Å². The molecule has 1 aromatic heterocycles. The first-order valence-electron chi connectivity index (χ1n) is 11.8. The number of anilines is 3. The predicted octanol–water partition coefficient (Wildman–Crippen LogP) is 7.39. The lowest BCUT2D eigenvalue weighted by atomic mass is 10.1. The molecule has 0 saturated heterocycles. The number of aryl methyl sites for hydroxylation is 1. The van der Waals surface area contributed by atoms with Crippen LogP contribution in [0.5, 0.6) is 0 Å². The summed E-state index contributed by atoms with van der Waals surface area (Å²) in [6, 6.07) is 21.2. The second-order valence-electron chi connectivity index (χ2n) is 9.74. The van der Waals surface area contributed by atoms with Crippen LogP contribution in [0.25, 0.3) is 10.9 Å². The molecule has 0 radical (unpaired) electrons. The maximum Gasteiger partial charge on any atom is 0.415 e. The van der Waals surface area contributed by atoms with Gasteiger partial charge in [-0.15, -0.1) is 12.4 Å². The highest BCUT2D eigenvalue weighted by molar-refractivity contribution is 6.30. The topological polar surface area (TPSA) is 97.6 Å². The van der Waals surface area contributed by atoms with Crippen molar-refractivity contribution < 1.29 is 14.3 Å². The summed E-state index contributed by atoms with van der Waals surface area (Å²) in [6.07, 6.45) is -0.530. The molecule has 0 spiro atoms. The van der Waals surface area contributed by atoms with Crippen molar-refractivity contribution in [2.24, 2.45) is 0 Å². The summed E-state index contributed by atoms with van der Waals surface area (Å²) in [5.74, 6) is -0.311. The maximum absolute atomic E-state index is 13.4. The summed E-state index contributed by atoms with van der Waals surface area (Å²) >= 11 is 6.06. The van der Waals surface area contributed by atoms with Crippen LogP contribution < -0.4 is 16.0 Å². The lowest BCUT2D eigenvalue weighted by molar-refractivity contribution is 0.0577. The van der Waals surface area contributed by atoms with Crippen molar-refractivity contribution in [1.29, 1.82) is 0 Å². The Hall–Kier alpha value is -3.81. The fourth-order valence-electron chi connectivity index (χ4n) is 3.92. The molecule has 3 aromatic carbocycles. The number of nitrogens with zero attached hydrogens (tertiary/aromatic N) is 2. The van der Waals surface area contributed by atoms with E-state index >= 15 is 0 Å². The van der Waals surface area contributed by atoms with E-state index in [-0.39, 0.29) is 24.9 Å². The van der Waals surface area contributed by atoms with Gasteiger partial charge in [-0.1, -0.05) is 29.8 Å². The molecule has 4 aromatic rings. The molecule has 0 fully saturated rings. The van der Waals surface area contributed by atoms with Gasteiger partial charge in [-0.25, -0.2) is 4.79 Å². The molecule has 198 valence electrons. The third kappa shape index (κ3) is 6.94. The maximum atomic E-state index is 13.4. The average molecular weight is 553 g/mol. The van der Waals surface area contributed by atoms with Crippen LogP contribution in [-0.4, -0.2) is 22.6 Å². The number of nitrogen functional groups attached to an aromatic ring is 1. The summed E-state index contributed by atoms with van der Waals surface area (Å²) in [4.78, 5) is 32.5. The van der Waals surface area contributed by atoms with Gasteiger partial charge in [-0.05, 0) is 87.9 Å². The van der Waals surface area contributed by atoms with Crippen molar-refractivity contribution in [3.8, 4) is 0 Å². The summed E-state index contributed by atoms with van der Waals surface area (Å²) in [5.41, 5.74) is 9.93. The van der Waals surface area contributed by atoms with Gasteiger partial charge >= 0.3 is 6.09 Å². The van der Waals surface area contributed by atoms with Crippen LogP contribution in [0.4, 0.5) is 21.9 Å². The number of fused-ring (bicyclic) bond motifs is 1. The quantitative estimate of drug-likeness (QED) is 0.269. The highest BCUT2D eigenvalue weighted by atomic mass is 35.5. The second kappa shape index (κ2) is 11.7. The zero-order valence-corrected chi connectivity index (χ0v) is 23.2. The van der Waals surface area contributed by atoms with E-state index in [1.807, 2.05) is 25.1 Å². The zero-order chi connectivity index (χ0) is 26.7. The van der Waals surface area contributed by atoms with E-state index < -0.39 is 11.7 Å². The largest absolute Gasteiger partial charge is 0.443 e. The molecular formula is C29H30Cl2N4O3. The molecule has 4 rings (SSSR count). The molecule has 0 bridgehead atoms. The van der Waals surface area contributed by atoms with Crippen LogP contribution in [0, 0.1) is 6.92 Å². The van der Waals surface area contributed by atoms with Crippen LogP contribution in [0.2, 0.25) is 5.02 Å². The Bertz CT molecular complexity index is 1470. The van der Waals surface area contributed by atoms with Gasteiger partial charge in [-0.2, -0.15) is 0 Å². The number of carbonyl (C=O) groups is 2. The molecule has 1 heterocycles.